The first-order chi connectivity index (χ1) is 11.1. The standard InChI is InChI=1S/C13H29N3.C3H6.2C2H6/c1-12(15-3)8-5-7-11-16-13(2)9-4-6-10-14;1-3-2;2*1-2/h12,15-16H,2,4-11,14H2,1,3H3;3H,1H2,2H3;2*1-2H3. The van der Waals surface area contributed by atoms with Crippen LogP contribution in [0, 0.1) is 0 Å². The maximum atomic E-state index is 5.44. The maximum absolute atomic E-state index is 5.44. The average Bonchev–Trinajstić information content (AvgIpc) is 2.59. The van der Waals surface area contributed by atoms with Crippen LogP contribution in [0.15, 0.2) is 24.9 Å². The van der Waals surface area contributed by atoms with Gasteiger partial charge >= 0.3 is 0 Å². The summed E-state index contributed by atoms with van der Waals surface area (Å²) in [6.07, 6.45) is 8.80. The fraction of sp³-hybridized carbons (Fsp3) is 0.800. The maximum Gasteiger partial charge on any atom is 0.0143 e. The van der Waals surface area contributed by atoms with Crippen LogP contribution in [0.4, 0.5) is 0 Å². The molecule has 0 spiro atoms. The van der Waals surface area contributed by atoms with Crippen molar-refractivity contribution in [3.8, 4) is 0 Å². The monoisotopic (exact) mass is 329 g/mol. The molecule has 0 aliphatic carbocycles. The lowest BCUT2D eigenvalue weighted by Gasteiger charge is -2.11. The van der Waals surface area contributed by atoms with Crippen molar-refractivity contribution in [1.82, 2.24) is 10.6 Å². The molecule has 0 bridgehead atoms. The molecule has 3 nitrogen and oxygen atoms in total. The molecule has 4 N–H and O–H groups in total. The summed E-state index contributed by atoms with van der Waals surface area (Å²) in [5.74, 6) is 0. The van der Waals surface area contributed by atoms with Gasteiger partial charge in [0, 0.05) is 18.3 Å². The van der Waals surface area contributed by atoms with Gasteiger partial charge in [0.15, 0.2) is 0 Å². The quantitative estimate of drug-likeness (QED) is 0.359. The van der Waals surface area contributed by atoms with Crippen molar-refractivity contribution in [2.45, 2.75) is 86.1 Å². The molecular formula is C20H47N3. The van der Waals surface area contributed by atoms with E-state index in [2.05, 4.69) is 30.7 Å². The van der Waals surface area contributed by atoms with E-state index in [0.717, 1.165) is 38.0 Å². The zero-order valence-corrected chi connectivity index (χ0v) is 17.3. The Morgan fingerprint density at radius 1 is 1.09 bits per heavy atom. The highest BCUT2D eigenvalue weighted by molar-refractivity contribution is 4.90. The summed E-state index contributed by atoms with van der Waals surface area (Å²) in [5, 5.41) is 6.63. The molecule has 0 fully saturated rings. The molecule has 0 saturated heterocycles. The van der Waals surface area contributed by atoms with E-state index >= 15 is 0 Å². The van der Waals surface area contributed by atoms with Gasteiger partial charge in [0.2, 0.25) is 0 Å². The van der Waals surface area contributed by atoms with Gasteiger partial charge in [-0.25, -0.2) is 0 Å². The first kappa shape index (κ1) is 30.1. The summed E-state index contributed by atoms with van der Waals surface area (Å²) in [5.41, 5.74) is 6.60. The van der Waals surface area contributed by atoms with Gasteiger partial charge in [0.1, 0.15) is 0 Å². The Kier molecular flexibility index (Phi) is 43.2. The van der Waals surface area contributed by atoms with Gasteiger partial charge in [-0.15, -0.1) is 6.58 Å². The molecule has 0 aromatic rings. The first-order valence-electron chi connectivity index (χ1n) is 9.48. The summed E-state index contributed by atoms with van der Waals surface area (Å²) < 4.78 is 0. The average molecular weight is 330 g/mol. The summed E-state index contributed by atoms with van der Waals surface area (Å²) in [6.45, 7) is 21.3. The van der Waals surface area contributed by atoms with E-state index in [4.69, 9.17) is 5.73 Å². The van der Waals surface area contributed by atoms with Crippen molar-refractivity contribution < 1.29 is 0 Å². The number of nitrogens with one attached hydrogen (secondary N) is 2. The van der Waals surface area contributed by atoms with Crippen LogP contribution in [-0.2, 0) is 0 Å². The van der Waals surface area contributed by atoms with Crippen molar-refractivity contribution in [2.24, 2.45) is 5.73 Å². The predicted molar refractivity (Wildman–Crippen MR) is 111 cm³/mol. The molecule has 0 rings (SSSR count). The molecule has 0 saturated carbocycles. The van der Waals surface area contributed by atoms with Crippen LogP contribution in [0.3, 0.4) is 0 Å². The normalized spacial score (nSPS) is 9.74. The van der Waals surface area contributed by atoms with Crippen molar-refractivity contribution in [2.75, 3.05) is 20.1 Å². The largest absolute Gasteiger partial charge is 0.389 e. The Bertz CT molecular complexity index is 203. The van der Waals surface area contributed by atoms with Gasteiger partial charge in [-0.3, -0.25) is 0 Å². The van der Waals surface area contributed by atoms with E-state index in [1.807, 2.05) is 41.7 Å². The Labute approximate surface area is 148 Å². The predicted octanol–water partition coefficient (Wildman–Crippen LogP) is 5.24. The SMILES string of the molecule is C=C(CCCCN)NCCCCC(C)NC.C=CC.CC.CC. The third-order valence-electron chi connectivity index (χ3n) is 2.86. The minimum absolute atomic E-state index is 0.632. The summed E-state index contributed by atoms with van der Waals surface area (Å²) in [6, 6.07) is 0.632. The summed E-state index contributed by atoms with van der Waals surface area (Å²) in [4.78, 5) is 0. The topological polar surface area (TPSA) is 50.1 Å². The molecule has 142 valence electrons. The molecule has 0 aliphatic rings. The second-order valence-corrected chi connectivity index (χ2v) is 4.87. The van der Waals surface area contributed by atoms with E-state index in [1.54, 1.807) is 6.08 Å². The lowest BCUT2D eigenvalue weighted by Crippen LogP contribution is -2.21. The van der Waals surface area contributed by atoms with Crippen molar-refractivity contribution in [3.05, 3.63) is 24.9 Å². The van der Waals surface area contributed by atoms with E-state index in [1.165, 1.54) is 19.3 Å². The number of unbranched alkanes of at least 4 members (excludes halogenated alkanes) is 2. The molecule has 0 radical (unpaired) electrons. The third-order valence-corrected chi connectivity index (χ3v) is 2.86. The molecule has 0 amide bonds. The molecule has 0 aromatic heterocycles. The lowest BCUT2D eigenvalue weighted by atomic mass is 10.1. The number of rotatable bonds is 11. The smallest absolute Gasteiger partial charge is 0.0143 e. The van der Waals surface area contributed by atoms with Crippen LogP contribution in [0.5, 0.6) is 0 Å². The van der Waals surface area contributed by atoms with Crippen molar-refractivity contribution in [3.63, 3.8) is 0 Å². The molecule has 3 heteroatoms. The summed E-state index contributed by atoms with van der Waals surface area (Å²) >= 11 is 0. The Balaban J connectivity index is -0.000000222. The van der Waals surface area contributed by atoms with Gasteiger partial charge < -0.3 is 16.4 Å². The minimum Gasteiger partial charge on any atom is -0.389 e. The van der Waals surface area contributed by atoms with Crippen LogP contribution in [0.25, 0.3) is 0 Å². The zero-order valence-electron chi connectivity index (χ0n) is 17.3. The molecule has 0 aromatic carbocycles. The highest BCUT2D eigenvalue weighted by Crippen LogP contribution is 2.03. The van der Waals surface area contributed by atoms with Gasteiger partial charge in [-0.1, -0.05) is 46.8 Å². The lowest BCUT2D eigenvalue weighted by molar-refractivity contribution is 0.521. The van der Waals surface area contributed by atoms with Crippen LogP contribution >= 0.6 is 0 Å². The fourth-order valence-electron chi connectivity index (χ4n) is 1.56. The number of hydrogen-bond donors (Lipinski definition) is 3. The second kappa shape index (κ2) is 33.0. The van der Waals surface area contributed by atoms with Crippen molar-refractivity contribution in [1.29, 1.82) is 0 Å². The first-order valence-corrected chi connectivity index (χ1v) is 9.48. The molecule has 1 atom stereocenters. The van der Waals surface area contributed by atoms with Gasteiger partial charge in [0.25, 0.3) is 0 Å². The van der Waals surface area contributed by atoms with Crippen molar-refractivity contribution >= 4 is 0 Å². The van der Waals surface area contributed by atoms with E-state index in [0.29, 0.717) is 6.04 Å². The highest BCUT2D eigenvalue weighted by atomic mass is 14.9. The van der Waals surface area contributed by atoms with Crippen LogP contribution in [0.1, 0.15) is 80.1 Å². The molecule has 1 unspecified atom stereocenters. The van der Waals surface area contributed by atoms with E-state index in [-0.39, 0.29) is 0 Å². The van der Waals surface area contributed by atoms with Gasteiger partial charge in [-0.05, 0) is 59.5 Å². The molecule has 0 heterocycles. The zero-order chi connectivity index (χ0) is 18.9. The molecule has 23 heavy (non-hydrogen) atoms. The van der Waals surface area contributed by atoms with E-state index < -0.39 is 0 Å². The highest BCUT2D eigenvalue weighted by Gasteiger charge is 1.97. The number of allylic oxidation sites excluding steroid dienone is 2. The van der Waals surface area contributed by atoms with Gasteiger partial charge in [-0.2, -0.15) is 0 Å². The fourth-order valence-corrected chi connectivity index (χ4v) is 1.56. The van der Waals surface area contributed by atoms with Crippen LogP contribution in [0.2, 0.25) is 0 Å². The van der Waals surface area contributed by atoms with Crippen LogP contribution in [-0.4, -0.2) is 26.2 Å². The minimum atomic E-state index is 0.632. The van der Waals surface area contributed by atoms with E-state index in [9.17, 15) is 0 Å². The Hall–Kier alpha value is -0.800. The summed E-state index contributed by atoms with van der Waals surface area (Å²) in [7, 11) is 2.02. The number of nitrogens with two attached hydrogens (primary N) is 1. The Morgan fingerprint density at radius 3 is 2.04 bits per heavy atom. The number of hydrogen-bond acceptors (Lipinski definition) is 3. The van der Waals surface area contributed by atoms with Gasteiger partial charge in [0.05, 0.1) is 0 Å². The Morgan fingerprint density at radius 2 is 1.61 bits per heavy atom. The third kappa shape index (κ3) is 38.8. The molecule has 0 aliphatic heterocycles. The molecular weight excluding hydrogens is 282 g/mol. The second-order valence-electron chi connectivity index (χ2n) is 4.87. The van der Waals surface area contributed by atoms with Crippen LogP contribution < -0.4 is 16.4 Å².